The van der Waals surface area contributed by atoms with E-state index in [2.05, 4.69) is 29.1 Å². The Morgan fingerprint density at radius 3 is 2.66 bits per heavy atom. The molecule has 1 aliphatic carbocycles. The summed E-state index contributed by atoms with van der Waals surface area (Å²) in [5, 5.41) is 13.6. The van der Waals surface area contributed by atoms with Gasteiger partial charge in [0.15, 0.2) is 0 Å². The minimum Gasteiger partial charge on any atom is -0.497 e. The molecule has 0 saturated heterocycles. The summed E-state index contributed by atoms with van der Waals surface area (Å²) in [6.07, 6.45) is 2.88. The average molecular weight is 391 g/mol. The van der Waals surface area contributed by atoms with Crippen molar-refractivity contribution in [3.05, 3.63) is 65.4 Å². The van der Waals surface area contributed by atoms with E-state index in [0.717, 1.165) is 41.0 Å². The topological polar surface area (TPSA) is 76.5 Å². The lowest BCUT2D eigenvalue weighted by atomic mass is 10.1. The van der Waals surface area contributed by atoms with Gasteiger partial charge in [-0.25, -0.2) is 4.98 Å². The number of hydrogen-bond donors (Lipinski definition) is 2. The van der Waals surface area contributed by atoms with Gasteiger partial charge in [-0.1, -0.05) is 26.0 Å². The number of aromatic nitrogens is 2. The molecule has 2 aromatic carbocycles. The van der Waals surface area contributed by atoms with E-state index in [1.807, 2.05) is 42.5 Å². The smallest absolute Gasteiger partial charge is 0.230 e. The number of hydrogen-bond acceptors (Lipinski definition) is 6. The van der Waals surface area contributed by atoms with Crippen LogP contribution in [0.25, 0.3) is 0 Å². The first kappa shape index (κ1) is 19.2. The van der Waals surface area contributed by atoms with Gasteiger partial charge >= 0.3 is 0 Å². The molecule has 2 N–H and O–H groups in total. The van der Waals surface area contributed by atoms with Gasteiger partial charge in [0, 0.05) is 23.0 Å². The first-order valence-electron chi connectivity index (χ1n) is 9.81. The van der Waals surface area contributed by atoms with Crippen LogP contribution in [0.4, 0.5) is 11.6 Å². The molecule has 29 heavy (non-hydrogen) atoms. The van der Waals surface area contributed by atoms with E-state index in [1.54, 1.807) is 13.3 Å². The van der Waals surface area contributed by atoms with Crippen LogP contribution in [0.3, 0.4) is 0 Å². The van der Waals surface area contributed by atoms with Crippen molar-refractivity contribution in [1.29, 1.82) is 0 Å². The van der Waals surface area contributed by atoms with Gasteiger partial charge in [-0.05, 0) is 54.7 Å². The summed E-state index contributed by atoms with van der Waals surface area (Å²) in [6.45, 7) is 4.15. The quantitative estimate of drug-likeness (QED) is 0.607. The normalized spacial score (nSPS) is 15.3. The SMILES string of the molecule is COc1ccc(Nc2ncc(C(C)C)c(Oc3cccc4c3C(O)CC4)n2)cc1. The number of fused-ring (bicyclic) bond motifs is 1. The second-order valence-electron chi connectivity index (χ2n) is 7.45. The highest BCUT2D eigenvalue weighted by Crippen LogP contribution is 2.40. The lowest BCUT2D eigenvalue weighted by molar-refractivity contribution is 0.177. The average Bonchev–Trinajstić information content (AvgIpc) is 3.10. The molecule has 1 aromatic heterocycles. The molecule has 0 fully saturated rings. The molecule has 3 aromatic rings. The number of benzene rings is 2. The molecule has 0 bridgehead atoms. The molecule has 150 valence electrons. The Kier molecular flexibility index (Phi) is 5.36. The van der Waals surface area contributed by atoms with Crippen molar-refractivity contribution in [3.8, 4) is 17.4 Å². The molecule has 1 atom stereocenters. The summed E-state index contributed by atoms with van der Waals surface area (Å²) in [5.41, 5.74) is 3.76. The largest absolute Gasteiger partial charge is 0.497 e. The van der Waals surface area contributed by atoms with Crippen molar-refractivity contribution in [2.45, 2.75) is 38.7 Å². The number of aliphatic hydroxyl groups is 1. The molecule has 0 amide bonds. The van der Waals surface area contributed by atoms with E-state index in [0.29, 0.717) is 17.6 Å². The fourth-order valence-electron chi connectivity index (χ4n) is 3.53. The molecule has 1 aliphatic rings. The van der Waals surface area contributed by atoms with Gasteiger partial charge in [-0.2, -0.15) is 4.98 Å². The molecule has 6 nitrogen and oxygen atoms in total. The molecular weight excluding hydrogens is 366 g/mol. The summed E-state index contributed by atoms with van der Waals surface area (Å²) in [5.74, 6) is 2.58. The predicted octanol–water partition coefficient (Wildman–Crippen LogP) is 5.12. The molecular formula is C23H25N3O3. The summed E-state index contributed by atoms with van der Waals surface area (Å²) >= 11 is 0. The van der Waals surface area contributed by atoms with Crippen molar-refractivity contribution < 1.29 is 14.6 Å². The minimum atomic E-state index is -0.498. The Morgan fingerprint density at radius 2 is 1.93 bits per heavy atom. The second kappa shape index (κ2) is 8.09. The van der Waals surface area contributed by atoms with Crippen molar-refractivity contribution in [2.75, 3.05) is 12.4 Å². The summed E-state index contributed by atoms with van der Waals surface area (Å²) in [4.78, 5) is 9.06. The van der Waals surface area contributed by atoms with E-state index >= 15 is 0 Å². The van der Waals surface area contributed by atoms with E-state index in [-0.39, 0.29) is 5.92 Å². The van der Waals surface area contributed by atoms with Crippen LogP contribution in [-0.4, -0.2) is 22.2 Å². The number of methoxy groups -OCH3 is 1. The third-order valence-electron chi connectivity index (χ3n) is 5.13. The minimum absolute atomic E-state index is 0.196. The molecule has 0 aliphatic heterocycles. The maximum absolute atomic E-state index is 10.4. The Balaban J connectivity index is 1.65. The molecule has 4 rings (SSSR count). The van der Waals surface area contributed by atoms with Crippen molar-refractivity contribution in [3.63, 3.8) is 0 Å². The first-order chi connectivity index (χ1) is 14.0. The predicted molar refractivity (Wildman–Crippen MR) is 112 cm³/mol. The standard InChI is InChI=1S/C23H25N3O3/c1-14(2)18-13-24-23(25-16-8-10-17(28-3)11-9-16)26-22(18)29-20-6-4-5-15-7-12-19(27)21(15)20/h4-6,8-11,13-14,19,27H,7,12H2,1-3H3,(H,24,25,26). The van der Waals surface area contributed by atoms with Gasteiger partial charge in [-0.15, -0.1) is 0 Å². The number of nitrogens with zero attached hydrogens (tertiary/aromatic N) is 2. The van der Waals surface area contributed by atoms with Gasteiger partial charge in [0.1, 0.15) is 11.5 Å². The van der Waals surface area contributed by atoms with Crippen LogP contribution in [0.15, 0.2) is 48.7 Å². The van der Waals surface area contributed by atoms with Crippen LogP contribution in [0.2, 0.25) is 0 Å². The zero-order chi connectivity index (χ0) is 20.4. The van der Waals surface area contributed by atoms with E-state index in [1.165, 1.54) is 0 Å². The number of ether oxygens (including phenoxy) is 2. The van der Waals surface area contributed by atoms with Gasteiger partial charge in [-0.3, -0.25) is 0 Å². The van der Waals surface area contributed by atoms with E-state index < -0.39 is 6.10 Å². The van der Waals surface area contributed by atoms with Crippen LogP contribution in [0, 0.1) is 0 Å². The highest BCUT2D eigenvalue weighted by molar-refractivity contribution is 5.55. The number of aryl methyl sites for hydroxylation is 1. The van der Waals surface area contributed by atoms with Crippen molar-refractivity contribution >= 4 is 11.6 Å². The van der Waals surface area contributed by atoms with E-state index in [9.17, 15) is 5.11 Å². The van der Waals surface area contributed by atoms with Crippen LogP contribution >= 0.6 is 0 Å². The zero-order valence-electron chi connectivity index (χ0n) is 16.8. The van der Waals surface area contributed by atoms with Gasteiger partial charge < -0.3 is 19.9 Å². The number of nitrogens with one attached hydrogen (secondary N) is 1. The van der Waals surface area contributed by atoms with Crippen molar-refractivity contribution in [2.24, 2.45) is 0 Å². The van der Waals surface area contributed by atoms with Crippen LogP contribution in [-0.2, 0) is 6.42 Å². The number of aliphatic hydroxyl groups excluding tert-OH is 1. The highest BCUT2D eigenvalue weighted by atomic mass is 16.5. The molecule has 1 heterocycles. The summed E-state index contributed by atoms with van der Waals surface area (Å²) in [7, 11) is 1.64. The third-order valence-corrected chi connectivity index (χ3v) is 5.13. The second-order valence-corrected chi connectivity index (χ2v) is 7.45. The fraction of sp³-hybridized carbons (Fsp3) is 0.304. The number of anilines is 2. The monoisotopic (exact) mass is 391 g/mol. The van der Waals surface area contributed by atoms with Crippen LogP contribution in [0.5, 0.6) is 17.4 Å². The zero-order valence-corrected chi connectivity index (χ0v) is 16.8. The summed E-state index contributed by atoms with van der Waals surface area (Å²) in [6, 6.07) is 13.4. The Hall–Kier alpha value is -3.12. The van der Waals surface area contributed by atoms with Crippen molar-refractivity contribution in [1.82, 2.24) is 9.97 Å². The molecule has 0 radical (unpaired) electrons. The Morgan fingerprint density at radius 1 is 1.14 bits per heavy atom. The van der Waals surface area contributed by atoms with Crippen LogP contribution in [0.1, 0.15) is 49.0 Å². The van der Waals surface area contributed by atoms with Crippen LogP contribution < -0.4 is 14.8 Å². The van der Waals surface area contributed by atoms with Gasteiger partial charge in [0.05, 0.1) is 13.2 Å². The maximum Gasteiger partial charge on any atom is 0.230 e. The Bertz CT molecular complexity index is 1000. The first-order valence-corrected chi connectivity index (χ1v) is 9.81. The van der Waals surface area contributed by atoms with Gasteiger partial charge in [0.2, 0.25) is 11.8 Å². The van der Waals surface area contributed by atoms with Gasteiger partial charge in [0.25, 0.3) is 0 Å². The molecule has 0 saturated carbocycles. The lowest BCUT2D eigenvalue weighted by Crippen LogP contribution is -2.04. The highest BCUT2D eigenvalue weighted by Gasteiger charge is 2.25. The molecule has 6 heteroatoms. The number of rotatable bonds is 6. The Labute approximate surface area is 170 Å². The molecule has 0 spiro atoms. The van der Waals surface area contributed by atoms with E-state index in [4.69, 9.17) is 9.47 Å². The molecule has 1 unspecified atom stereocenters. The third kappa shape index (κ3) is 4.03. The maximum atomic E-state index is 10.4. The lowest BCUT2D eigenvalue weighted by Gasteiger charge is -2.17. The fourth-order valence-corrected chi connectivity index (χ4v) is 3.53. The summed E-state index contributed by atoms with van der Waals surface area (Å²) < 4.78 is 11.4.